The van der Waals surface area contributed by atoms with Crippen LogP contribution in [0.1, 0.15) is 27.9 Å². The Bertz CT molecular complexity index is 3170. The zero-order valence-electron chi connectivity index (χ0n) is 31.1. The fourth-order valence-corrected chi connectivity index (χ4v) is 9.93. The number of nitrogens with one attached hydrogen (secondary N) is 1. The van der Waals surface area contributed by atoms with Gasteiger partial charge in [-0.05, 0) is 87.5 Å². The first-order valence-electron chi connectivity index (χ1n) is 19.7. The van der Waals surface area contributed by atoms with Gasteiger partial charge in [0.1, 0.15) is 5.52 Å². The lowest BCUT2D eigenvalue weighted by Crippen LogP contribution is -2.29. The van der Waals surface area contributed by atoms with Gasteiger partial charge >= 0.3 is 0 Å². The number of nitrogens with zero attached hydrogens (tertiary/aromatic N) is 3. The summed E-state index contributed by atoms with van der Waals surface area (Å²) >= 11 is 0. The minimum atomic E-state index is -0.520. The van der Waals surface area contributed by atoms with Crippen LogP contribution in [0.4, 0.5) is 5.69 Å². The Kier molecular flexibility index (Phi) is 6.87. The molecule has 1 N–H and O–H groups in total. The van der Waals surface area contributed by atoms with Crippen molar-refractivity contribution in [2.24, 2.45) is 0 Å². The molecule has 0 unspecified atom stereocenters. The SMILES string of the molecule is C1=Cc2c(c3ncccc3n2-c2ccc(-c3ccc(-n4c5ccccc5c5ccc6c(c54)C(c4ccccc4)(c4ccccc4)c4ccccc4-6)cc3)cc2)NC1. The van der Waals surface area contributed by atoms with Crippen molar-refractivity contribution in [3.05, 3.63) is 222 Å². The molecule has 0 fully saturated rings. The Hall–Kier alpha value is -7.43. The summed E-state index contributed by atoms with van der Waals surface area (Å²) in [7, 11) is 0. The minimum absolute atomic E-state index is 0.520. The quantitative estimate of drug-likeness (QED) is 0.191. The molecular formula is C53H36N4. The average molecular weight is 729 g/mol. The summed E-state index contributed by atoms with van der Waals surface area (Å²) in [6.45, 7) is 0.809. The molecule has 0 atom stereocenters. The van der Waals surface area contributed by atoms with Gasteiger partial charge < -0.3 is 14.5 Å². The van der Waals surface area contributed by atoms with Crippen molar-refractivity contribution >= 4 is 44.6 Å². The molecule has 4 nitrogen and oxygen atoms in total. The zero-order valence-corrected chi connectivity index (χ0v) is 31.1. The van der Waals surface area contributed by atoms with E-state index in [4.69, 9.17) is 4.98 Å². The number of rotatable bonds is 5. The van der Waals surface area contributed by atoms with Crippen molar-refractivity contribution in [3.8, 4) is 33.6 Å². The molecule has 3 aromatic heterocycles. The van der Waals surface area contributed by atoms with E-state index in [1.165, 1.54) is 66.3 Å². The van der Waals surface area contributed by atoms with E-state index in [-0.39, 0.29) is 0 Å². The van der Waals surface area contributed by atoms with Gasteiger partial charge in [0.15, 0.2) is 0 Å². The van der Waals surface area contributed by atoms with Crippen molar-refractivity contribution in [2.45, 2.75) is 5.41 Å². The first kappa shape index (κ1) is 31.9. The van der Waals surface area contributed by atoms with Gasteiger partial charge in [0.25, 0.3) is 0 Å². The van der Waals surface area contributed by atoms with E-state index in [0.717, 1.165) is 40.3 Å². The Morgan fingerprint density at radius 3 is 1.88 bits per heavy atom. The predicted octanol–water partition coefficient (Wildman–Crippen LogP) is 12.6. The Labute approximate surface area is 330 Å². The van der Waals surface area contributed by atoms with Crippen molar-refractivity contribution in [3.63, 3.8) is 0 Å². The standard InChI is InChI=1S/C53H36N4/c1-3-13-37(14-4-1)53(38-15-5-2-6-16-38)45-19-9-7-17-41(45)43-31-32-44-42-18-8-10-20-46(42)57(52(44)49(43)53)40-29-25-36(26-30-40)35-23-27-39(28-24-35)56-47-21-11-33-54-50(47)51-48(56)22-12-34-55-51/h1-33,55H,34H2. The molecule has 0 saturated heterocycles. The van der Waals surface area contributed by atoms with Gasteiger partial charge in [-0.15, -0.1) is 0 Å². The average Bonchev–Trinajstić information content (AvgIpc) is 3.92. The minimum Gasteiger partial charge on any atom is -0.378 e. The van der Waals surface area contributed by atoms with Crippen LogP contribution in [0.5, 0.6) is 0 Å². The van der Waals surface area contributed by atoms with Crippen LogP contribution in [0.25, 0.3) is 72.5 Å². The second-order valence-corrected chi connectivity index (χ2v) is 15.1. The van der Waals surface area contributed by atoms with Gasteiger partial charge in [-0.25, -0.2) is 0 Å². The summed E-state index contributed by atoms with van der Waals surface area (Å²) in [5.41, 5.74) is 18.6. The second kappa shape index (κ2) is 12.3. The number of hydrogen-bond acceptors (Lipinski definition) is 2. The third-order valence-electron chi connectivity index (χ3n) is 12.3. The molecule has 2 aliphatic rings. The Balaban J connectivity index is 1.05. The highest BCUT2D eigenvalue weighted by Gasteiger charge is 2.48. The van der Waals surface area contributed by atoms with Crippen molar-refractivity contribution < 1.29 is 0 Å². The molecule has 12 rings (SSSR count). The van der Waals surface area contributed by atoms with Gasteiger partial charge in [0.05, 0.1) is 33.3 Å². The lowest BCUT2D eigenvalue weighted by Gasteiger charge is -2.34. The molecule has 4 heteroatoms. The summed E-state index contributed by atoms with van der Waals surface area (Å²) in [6, 6.07) is 67.0. The van der Waals surface area contributed by atoms with E-state index in [1.54, 1.807) is 0 Å². The Morgan fingerprint density at radius 2 is 1.14 bits per heavy atom. The number of aromatic nitrogens is 3. The molecule has 10 aromatic rings. The number of pyridine rings is 1. The highest BCUT2D eigenvalue weighted by atomic mass is 15.1. The zero-order chi connectivity index (χ0) is 37.5. The Morgan fingerprint density at radius 1 is 0.509 bits per heavy atom. The number of anilines is 1. The van der Waals surface area contributed by atoms with Crippen LogP contribution < -0.4 is 5.32 Å². The molecule has 268 valence electrons. The predicted molar refractivity (Wildman–Crippen MR) is 236 cm³/mol. The molecule has 1 aliphatic heterocycles. The fraction of sp³-hybridized carbons (Fsp3) is 0.0377. The van der Waals surface area contributed by atoms with Gasteiger partial charge in [-0.1, -0.05) is 146 Å². The van der Waals surface area contributed by atoms with Gasteiger partial charge in [-0.3, -0.25) is 4.98 Å². The van der Waals surface area contributed by atoms with Crippen LogP contribution in [0.3, 0.4) is 0 Å². The van der Waals surface area contributed by atoms with Gasteiger partial charge in [-0.2, -0.15) is 0 Å². The molecule has 0 radical (unpaired) electrons. The summed E-state index contributed by atoms with van der Waals surface area (Å²) in [5.74, 6) is 0. The van der Waals surface area contributed by atoms with Crippen LogP contribution in [-0.4, -0.2) is 20.7 Å². The number of hydrogen-bond donors (Lipinski definition) is 1. The molecule has 1 aliphatic carbocycles. The van der Waals surface area contributed by atoms with Crippen LogP contribution in [-0.2, 0) is 5.41 Å². The maximum atomic E-state index is 4.72. The number of benzene rings is 7. The van der Waals surface area contributed by atoms with Crippen molar-refractivity contribution in [2.75, 3.05) is 11.9 Å². The molecule has 0 saturated carbocycles. The second-order valence-electron chi connectivity index (χ2n) is 15.1. The molecule has 0 bridgehead atoms. The lowest BCUT2D eigenvalue weighted by molar-refractivity contribution is 0.772. The number of para-hydroxylation sites is 1. The van der Waals surface area contributed by atoms with E-state index in [9.17, 15) is 0 Å². The highest BCUT2D eigenvalue weighted by Crippen LogP contribution is 2.59. The molecule has 7 aromatic carbocycles. The fourth-order valence-electron chi connectivity index (χ4n) is 9.93. The van der Waals surface area contributed by atoms with Crippen LogP contribution in [0, 0.1) is 0 Å². The summed E-state index contributed by atoms with van der Waals surface area (Å²) < 4.78 is 4.82. The summed E-state index contributed by atoms with van der Waals surface area (Å²) in [4.78, 5) is 4.72. The van der Waals surface area contributed by atoms with E-state index >= 15 is 0 Å². The van der Waals surface area contributed by atoms with Crippen LogP contribution in [0.15, 0.2) is 194 Å². The summed E-state index contributed by atoms with van der Waals surface area (Å²) in [5, 5.41) is 6.05. The van der Waals surface area contributed by atoms with E-state index in [0.29, 0.717) is 0 Å². The van der Waals surface area contributed by atoms with Crippen molar-refractivity contribution in [1.29, 1.82) is 0 Å². The van der Waals surface area contributed by atoms with Crippen LogP contribution >= 0.6 is 0 Å². The molecular weight excluding hydrogens is 693 g/mol. The first-order valence-corrected chi connectivity index (χ1v) is 19.7. The third kappa shape index (κ3) is 4.47. The molecule has 0 spiro atoms. The smallest absolute Gasteiger partial charge is 0.112 e. The first-order chi connectivity index (χ1) is 28.3. The monoisotopic (exact) mass is 728 g/mol. The molecule has 0 amide bonds. The maximum Gasteiger partial charge on any atom is 0.112 e. The topological polar surface area (TPSA) is 34.8 Å². The lowest BCUT2D eigenvalue weighted by atomic mass is 9.67. The molecule has 4 heterocycles. The summed E-state index contributed by atoms with van der Waals surface area (Å²) in [6.07, 6.45) is 6.24. The highest BCUT2D eigenvalue weighted by molar-refractivity contribution is 6.14. The van der Waals surface area contributed by atoms with Crippen LogP contribution in [0.2, 0.25) is 0 Å². The largest absolute Gasteiger partial charge is 0.378 e. The molecule has 57 heavy (non-hydrogen) atoms. The van der Waals surface area contributed by atoms with E-state index in [2.05, 4.69) is 203 Å². The van der Waals surface area contributed by atoms with E-state index < -0.39 is 5.41 Å². The normalized spacial score (nSPS) is 13.8. The third-order valence-corrected chi connectivity index (χ3v) is 12.3. The number of fused-ring (bicyclic) bond motifs is 10. The van der Waals surface area contributed by atoms with Gasteiger partial charge in [0.2, 0.25) is 0 Å². The van der Waals surface area contributed by atoms with E-state index in [1.807, 2.05) is 12.3 Å². The maximum absolute atomic E-state index is 4.72. The van der Waals surface area contributed by atoms with Gasteiger partial charge in [0, 0.05) is 40.5 Å². The van der Waals surface area contributed by atoms with Crippen molar-refractivity contribution in [1.82, 2.24) is 14.1 Å².